The van der Waals surface area contributed by atoms with Gasteiger partial charge in [-0.25, -0.2) is 4.79 Å². The van der Waals surface area contributed by atoms with E-state index in [2.05, 4.69) is 22.0 Å². The molecule has 3 rings (SSSR count). The van der Waals surface area contributed by atoms with E-state index in [0.717, 1.165) is 16.7 Å². The monoisotopic (exact) mass is 376 g/mol. The van der Waals surface area contributed by atoms with Crippen LogP contribution in [0.5, 0.6) is 0 Å². The van der Waals surface area contributed by atoms with Gasteiger partial charge in [0.1, 0.15) is 5.54 Å². The molecule has 2 aromatic carbocycles. The second kappa shape index (κ2) is 7.92. The van der Waals surface area contributed by atoms with Gasteiger partial charge >= 0.3 is 6.03 Å². The third-order valence-corrected chi connectivity index (χ3v) is 4.67. The molecule has 0 saturated carbocycles. The highest BCUT2D eigenvalue weighted by Gasteiger charge is 2.43. The van der Waals surface area contributed by atoms with Crippen LogP contribution in [0.1, 0.15) is 24.5 Å². The van der Waals surface area contributed by atoms with E-state index < -0.39 is 17.5 Å². The number of benzene rings is 2. The number of carbonyl (C=O) groups excluding carboxylic acids is 3. The number of hydrogen-bond donors (Lipinski definition) is 3. The Kier molecular flexibility index (Phi) is 5.41. The Morgan fingerprint density at radius 2 is 1.68 bits per heavy atom. The smallest absolute Gasteiger partial charge is 0.322 e. The lowest BCUT2D eigenvalue weighted by Crippen LogP contribution is -2.47. The molecule has 28 heavy (non-hydrogen) atoms. The summed E-state index contributed by atoms with van der Waals surface area (Å²) in [6.45, 7) is 1.95. The molecule has 0 bridgehead atoms. The van der Waals surface area contributed by atoms with Crippen LogP contribution in [0.2, 0.25) is 0 Å². The van der Waals surface area contributed by atoms with Gasteiger partial charge in [-0.3, -0.25) is 14.9 Å². The molecule has 7 heteroatoms. The summed E-state index contributed by atoms with van der Waals surface area (Å²) in [5, 5.41) is 16.2. The van der Waals surface area contributed by atoms with Crippen LogP contribution in [0, 0.1) is 11.3 Å². The number of urea groups is 1. The molecule has 4 amide bonds. The van der Waals surface area contributed by atoms with Crippen molar-refractivity contribution >= 4 is 17.8 Å². The summed E-state index contributed by atoms with van der Waals surface area (Å²) in [6.07, 6.45) is 0.539. The SMILES string of the molecule is CC1(CC(=O)NCCc2ccc(-c3ccc(C#N)cc3)cc2)NC(=O)NC1=O. The predicted octanol–water partition coefficient (Wildman–Crippen LogP) is 1.87. The fourth-order valence-electron chi connectivity index (χ4n) is 3.04. The molecule has 1 heterocycles. The molecule has 142 valence electrons. The van der Waals surface area contributed by atoms with E-state index in [-0.39, 0.29) is 12.3 Å². The van der Waals surface area contributed by atoms with Crippen LogP contribution in [0.25, 0.3) is 11.1 Å². The fraction of sp³-hybridized carbons (Fsp3) is 0.238. The van der Waals surface area contributed by atoms with Crippen molar-refractivity contribution in [1.82, 2.24) is 16.0 Å². The highest BCUT2D eigenvalue weighted by atomic mass is 16.2. The summed E-state index contributed by atoms with van der Waals surface area (Å²) in [6, 6.07) is 16.9. The average molecular weight is 376 g/mol. The first-order valence-corrected chi connectivity index (χ1v) is 8.89. The van der Waals surface area contributed by atoms with Crippen molar-refractivity contribution in [1.29, 1.82) is 5.26 Å². The first-order chi connectivity index (χ1) is 13.4. The van der Waals surface area contributed by atoms with Crippen LogP contribution in [-0.4, -0.2) is 29.9 Å². The lowest BCUT2D eigenvalue weighted by molar-refractivity contribution is -0.129. The zero-order valence-corrected chi connectivity index (χ0v) is 15.4. The topological polar surface area (TPSA) is 111 Å². The quantitative estimate of drug-likeness (QED) is 0.668. The zero-order valence-electron chi connectivity index (χ0n) is 15.4. The molecule has 1 aliphatic rings. The molecule has 0 spiro atoms. The van der Waals surface area contributed by atoms with Crippen LogP contribution < -0.4 is 16.0 Å². The first-order valence-electron chi connectivity index (χ1n) is 8.89. The van der Waals surface area contributed by atoms with Crippen molar-refractivity contribution in [3.63, 3.8) is 0 Å². The molecule has 2 aromatic rings. The molecule has 0 aromatic heterocycles. The number of rotatable bonds is 6. The minimum Gasteiger partial charge on any atom is -0.356 e. The Hall–Kier alpha value is -3.66. The number of hydrogen-bond acceptors (Lipinski definition) is 4. The molecule has 1 unspecified atom stereocenters. The minimum atomic E-state index is -1.20. The molecule has 1 saturated heterocycles. The van der Waals surface area contributed by atoms with Gasteiger partial charge in [0.15, 0.2) is 0 Å². The standard InChI is InChI=1S/C21H20N4O3/c1-21(19(27)24-20(28)25-21)12-18(26)23-11-10-14-2-6-16(7-3-14)17-8-4-15(13-22)5-9-17/h2-9H,10-12H2,1H3,(H,23,26)(H2,24,25,27,28). The number of imide groups is 1. The molecule has 3 N–H and O–H groups in total. The van der Waals surface area contributed by atoms with E-state index in [4.69, 9.17) is 5.26 Å². The van der Waals surface area contributed by atoms with Crippen molar-refractivity contribution in [2.45, 2.75) is 25.3 Å². The number of nitrogens with one attached hydrogen (secondary N) is 3. The summed E-state index contributed by atoms with van der Waals surface area (Å²) < 4.78 is 0. The van der Waals surface area contributed by atoms with Gasteiger partial charge in [-0.2, -0.15) is 5.26 Å². The largest absolute Gasteiger partial charge is 0.356 e. The van der Waals surface area contributed by atoms with Crippen LogP contribution >= 0.6 is 0 Å². The Bertz CT molecular complexity index is 945. The number of nitriles is 1. The van der Waals surface area contributed by atoms with E-state index in [1.165, 1.54) is 6.92 Å². The molecule has 0 radical (unpaired) electrons. The minimum absolute atomic E-state index is 0.109. The highest BCUT2D eigenvalue weighted by molar-refractivity contribution is 6.08. The Labute approximate surface area is 162 Å². The van der Waals surface area contributed by atoms with E-state index in [0.29, 0.717) is 18.5 Å². The van der Waals surface area contributed by atoms with Gasteiger partial charge in [-0.1, -0.05) is 36.4 Å². The second-order valence-corrected chi connectivity index (χ2v) is 6.90. The van der Waals surface area contributed by atoms with Gasteiger partial charge in [0.05, 0.1) is 18.1 Å². The normalized spacial score (nSPS) is 18.1. The van der Waals surface area contributed by atoms with Gasteiger partial charge in [-0.05, 0) is 42.2 Å². The molecular formula is C21H20N4O3. The highest BCUT2D eigenvalue weighted by Crippen LogP contribution is 2.20. The summed E-state index contributed by atoms with van der Waals surface area (Å²) in [7, 11) is 0. The third kappa shape index (κ3) is 4.35. The molecule has 0 aliphatic carbocycles. The summed E-state index contributed by atoms with van der Waals surface area (Å²) in [4.78, 5) is 35.0. The van der Waals surface area contributed by atoms with Crippen LogP contribution in [0.15, 0.2) is 48.5 Å². The van der Waals surface area contributed by atoms with Crippen molar-refractivity contribution in [2.75, 3.05) is 6.54 Å². The molecule has 1 atom stereocenters. The van der Waals surface area contributed by atoms with Crippen molar-refractivity contribution < 1.29 is 14.4 Å². The van der Waals surface area contributed by atoms with E-state index >= 15 is 0 Å². The van der Waals surface area contributed by atoms with Crippen LogP contribution in [0.3, 0.4) is 0 Å². The first kappa shape index (κ1) is 19.1. The fourth-order valence-corrected chi connectivity index (χ4v) is 3.04. The van der Waals surface area contributed by atoms with Gasteiger partial charge in [0.2, 0.25) is 5.91 Å². The zero-order chi connectivity index (χ0) is 20.1. The number of nitrogens with zero attached hydrogens (tertiary/aromatic N) is 1. The molecule has 1 aliphatic heterocycles. The van der Waals surface area contributed by atoms with E-state index in [1.807, 2.05) is 36.4 Å². The Balaban J connectivity index is 1.50. The molecule has 7 nitrogen and oxygen atoms in total. The van der Waals surface area contributed by atoms with Gasteiger partial charge in [0, 0.05) is 6.54 Å². The van der Waals surface area contributed by atoms with E-state index in [1.54, 1.807) is 12.1 Å². The third-order valence-electron chi connectivity index (χ3n) is 4.67. The average Bonchev–Trinajstić information content (AvgIpc) is 2.93. The van der Waals surface area contributed by atoms with Crippen LogP contribution in [-0.2, 0) is 16.0 Å². The van der Waals surface area contributed by atoms with Crippen molar-refractivity contribution in [3.05, 3.63) is 59.7 Å². The van der Waals surface area contributed by atoms with Gasteiger partial charge < -0.3 is 10.6 Å². The van der Waals surface area contributed by atoms with Crippen LogP contribution in [0.4, 0.5) is 4.79 Å². The van der Waals surface area contributed by atoms with Crippen molar-refractivity contribution in [3.8, 4) is 17.2 Å². The maximum absolute atomic E-state index is 12.1. The maximum atomic E-state index is 12.1. The predicted molar refractivity (Wildman–Crippen MR) is 103 cm³/mol. The Morgan fingerprint density at radius 3 is 2.21 bits per heavy atom. The maximum Gasteiger partial charge on any atom is 0.322 e. The summed E-state index contributed by atoms with van der Waals surface area (Å²) in [5.41, 5.74) is 2.57. The lowest BCUT2D eigenvalue weighted by Gasteiger charge is -2.19. The Morgan fingerprint density at radius 1 is 1.07 bits per heavy atom. The van der Waals surface area contributed by atoms with Gasteiger partial charge in [-0.15, -0.1) is 0 Å². The number of carbonyl (C=O) groups is 3. The summed E-state index contributed by atoms with van der Waals surface area (Å²) in [5.74, 6) is -0.792. The van der Waals surface area contributed by atoms with Crippen molar-refractivity contribution in [2.24, 2.45) is 0 Å². The lowest BCUT2D eigenvalue weighted by atomic mass is 9.98. The number of amides is 4. The summed E-state index contributed by atoms with van der Waals surface area (Å²) >= 11 is 0. The molecule has 1 fully saturated rings. The molecular weight excluding hydrogens is 356 g/mol. The van der Waals surface area contributed by atoms with E-state index in [9.17, 15) is 14.4 Å². The van der Waals surface area contributed by atoms with Gasteiger partial charge in [0.25, 0.3) is 5.91 Å². The second-order valence-electron chi connectivity index (χ2n) is 6.90.